The van der Waals surface area contributed by atoms with Crippen molar-refractivity contribution in [1.29, 1.82) is 0 Å². The van der Waals surface area contributed by atoms with E-state index in [2.05, 4.69) is 7.05 Å². The van der Waals surface area contributed by atoms with Crippen LogP contribution in [0.25, 0.3) is 0 Å². The second-order valence-electron chi connectivity index (χ2n) is 4.81. The van der Waals surface area contributed by atoms with Crippen LogP contribution in [0.4, 0.5) is 13.2 Å². The van der Waals surface area contributed by atoms with Crippen molar-refractivity contribution in [3.05, 3.63) is 0 Å². The van der Waals surface area contributed by atoms with Crippen LogP contribution in [0.15, 0.2) is 0 Å². The van der Waals surface area contributed by atoms with Gasteiger partial charge in [0.1, 0.15) is 5.97 Å². The maximum Gasteiger partial charge on any atom is 0.430 e. The Morgan fingerprint density at radius 1 is 1.19 bits per heavy atom. The second-order valence-corrected chi connectivity index (χ2v) is 4.81. The predicted molar refractivity (Wildman–Crippen MR) is 49.2 cm³/mol. The minimum atomic E-state index is -5.19. The lowest BCUT2D eigenvalue weighted by molar-refractivity contribution is -0.924. The van der Waals surface area contributed by atoms with E-state index in [9.17, 15) is 13.2 Å². The quantitative estimate of drug-likeness (QED) is 0.579. The molecular weight excluding hydrogens is 223 g/mol. The molecule has 16 heavy (non-hydrogen) atoms. The van der Waals surface area contributed by atoms with Crippen molar-refractivity contribution in [2.75, 3.05) is 26.7 Å². The van der Waals surface area contributed by atoms with Crippen LogP contribution in [0.2, 0.25) is 0 Å². The minimum Gasteiger partial charge on any atom is -0.542 e. The summed E-state index contributed by atoms with van der Waals surface area (Å²) in [6, 6.07) is 0. The molecule has 3 saturated heterocycles. The number of alkyl halides is 3. The number of nitrogens with zero attached hydrogens (tertiary/aromatic N) is 1. The average Bonchev–Trinajstić information content (AvgIpc) is 2.18. The third kappa shape index (κ3) is 3.66. The van der Waals surface area contributed by atoms with E-state index in [0.29, 0.717) is 0 Å². The Hall–Kier alpha value is -0.780. The predicted octanol–water partition coefficient (Wildman–Crippen LogP) is 0.545. The van der Waals surface area contributed by atoms with Gasteiger partial charge in [0.15, 0.2) is 0 Å². The molecule has 3 rings (SSSR count). The van der Waals surface area contributed by atoms with Gasteiger partial charge in [-0.25, -0.2) is 0 Å². The van der Waals surface area contributed by atoms with Crippen molar-refractivity contribution in [2.45, 2.75) is 25.4 Å². The lowest BCUT2D eigenvalue weighted by Gasteiger charge is -2.46. The first kappa shape index (κ1) is 13.3. The number of quaternary nitrogens is 1. The van der Waals surface area contributed by atoms with Crippen molar-refractivity contribution < 1.29 is 27.6 Å². The topological polar surface area (TPSA) is 40.1 Å². The number of carboxylic acids is 1. The van der Waals surface area contributed by atoms with Gasteiger partial charge in [-0.2, -0.15) is 13.2 Å². The van der Waals surface area contributed by atoms with E-state index in [0.717, 1.165) is 5.92 Å². The molecule has 0 atom stereocenters. The van der Waals surface area contributed by atoms with Crippen LogP contribution in [0, 0.1) is 5.92 Å². The molecule has 0 aromatic carbocycles. The summed E-state index contributed by atoms with van der Waals surface area (Å²) in [4.78, 5) is 8.78. The summed E-state index contributed by atoms with van der Waals surface area (Å²) in [5, 5.41) is 8.78. The largest absolute Gasteiger partial charge is 0.542 e. The van der Waals surface area contributed by atoms with Crippen LogP contribution < -0.4 is 5.11 Å². The smallest absolute Gasteiger partial charge is 0.430 e. The molecule has 0 spiro atoms. The van der Waals surface area contributed by atoms with E-state index >= 15 is 0 Å². The maximum atomic E-state index is 10.5. The third-order valence-electron chi connectivity index (χ3n) is 3.46. The summed E-state index contributed by atoms with van der Waals surface area (Å²) in [5.41, 5.74) is 0. The van der Waals surface area contributed by atoms with E-state index in [4.69, 9.17) is 9.90 Å². The highest BCUT2D eigenvalue weighted by Gasteiger charge is 2.35. The van der Waals surface area contributed by atoms with Gasteiger partial charge in [-0.15, -0.1) is 0 Å². The van der Waals surface area contributed by atoms with Crippen LogP contribution >= 0.6 is 0 Å². The summed E-state index contributed by atoms with van der Waals surface area (Å²) in [5.74, 6) is -1.89. The van der Waals surface area contributed by atoms with E-state index in [1.165, 1.54) is 43.4 Å². The number of rotatable bonds is 0. The summed E-state index contributed by atoms with van der Waals surface area (Å²) in [6.45, 7) is 4.39. The maximum absolute atomic E-state index is 10.5. The Kier molecular flexibility index (Phi) is 3.83. The first-order valence-corrected chi connectivity index (χ1v) is 5.35. The SMILES string of the molecule is C[N+]12CCC(CC1)CC2.O=C([O-])C(F)(F)F. The molecular formula is C10H16F3NO2. The van der Waals surface area contributed by atoms with E-state index in [1.807, 2.05) is 0 Å². The highest BCUT2D eigenvalue weighted by molar-refractivity contribution is 5.70. The van der Waals surface area contributed by atoms with Crippen molar-refractivity contribution in [2.24, 2.45) is 5.92 Å². The molecule has 3 nitrogen and oxygen atoms in total. The first-order chi connectivity index (χ1) is 7.23. The highest BCUT2D eigenvalue weighted by atomic mass is 19.4. The molecule has 2 bridgehead atoms. The van der Waals surface area contributed by atoms with Gasteiger partial charge in [0, 0.05) is 0 Å². The van der Waals surface area contributed by atoms with Crippen molar-refractivity contribution in [3.8, 4) is 0 Å². The second kappa shape index (κ2) is 4.61. The average molecular weight is 239 g/mol. The lowest BCUT2D eigenvalue weighted by Crippen LogP contribution is -2.55. The number of halogens is 3. The van der Waals surface area contributed by atoms with Gasteiger partial charge < -0.3 is 14.4 Å². The van der Waals surface area contributed by atoms with E-state index in [1.54, 1.807) is 0 Å². The standard InChI is InChI=1S/C8H16N.C2HF3O2/c1-9-5-2-8(3-6-9)4-7-9;3-2(4,5)1(6)7/h8H,2-7H2,1H3;(H,6,7)/q+1;/p-1. The Balaban J connectivity index is 0.000000168. The molecule has 3 fully saturated rings. The number of hydrogen-bond donors (Lipinski definition) is 0. The molecule has 0 aliphatic carbocycles. The zero-order valence-electron chi connectivity index (χ0n) is 9.22. The Morgan fingerprint density at radius 2 is 1.50 bits per heavy atom. The van der Waals surface area contributed by atoms with Crippen LogP contribution in [0.5, 0.6) is 0 Å². The molecule has 3 aliphatic rings. The fourth-order valence-corrected chi connectivity index (χ4v) is 2.25. The molecule has 3 heterocycles. The van der Waals surface area contributed by atoms with Gasteiger partial charge in [-0.05, 0) is 25.2 Å². The minimum absolute atomic E-state index is 1.12. The van der Waals surface area contributed by atoms with Crippen LogP contribution in [-0.2, 0) is 4.79 Å². The van der Waals surface area contributed by atoms with Crippen molar-refractivity contribution in [1.82, 2.24) is 0 Å². The first-order valence-electron chi connectivity index (χ1n) is 5.35. The number of fused-ring (bicyclic) bond motifs is 3. The monoisotopic (exact) mass is 239 g/mol. The van der Waals surface area contributed by atoms with Crippen LogP contribution in [0.1, 0.15) is 19.3 Å². The summed E-state index contributed by atoms with van der Waals surface area (Å²) in [7, 11) is 2.41. The van der Waals surface area contributed by atoms with Gasteiger partial charge >= 0.3 is 6.18 Å². The molecule has 94 valence electrons. The molecule has 6 heteroatoms. The number of hydrogen-bond acceptors (Lipinski definition) is 2. The van der Waals surface area contributed by atoms with Gasteiger partial charge in [-0.3, -0.25) is 0 Å². The molecule has 0 aromatic rings. The summed E-state index contributed by atoms with van der Waals surface area (Å²) < 4.78 is 32.9. The van der Waals surface area contributed by atoms with Crippen LogP contribution in [-0.4, -0.2) is 43.3 Å². The molecule has 0 amide bonds. The molecule has 3 aliphatic heterocycles. The number of piperidine rings is 3. The van der Waals surface area contributed by atoms with E-state index < -0.39 is 12.1 Å². The number of carboxylic acid groups (broad SMARTS) is 1. The number of aliphatic carboxylic acids is 1. The third-order valence-corrected chi connectivity index (χ3v) is 3.46. The Morgan fingerprint density at radius 3 is 1.62 bits per heavy atom. The van der Waals surface area contributed by atoms with Crippen molar-refractivity contribution in [3.63, 3.8) is 0 Å². The summed E-state index contributed by atoms with van der Waals surface area (Å²) in [6.07, 6.45) is -0.663. The van der Waals surface area contributed by atoms with Gasteiger partial charge in [0.25, 0.3) is 0 Å². The number of carbonyl (C=O) groups is 1. The normalized spacial score (nSPS) is 32.9. The lowest BCUT2D eigenvalue weighted by atomic mass is 9.86. The van der Waals surface area contributed by atoms with Crippen molar-refractivity contribution >= 4 is 5.97 Å². The number of carbonyl (C=O) groups excluding carboxylic acids is 1. The Bertz CT molecular complexity index is 244. The molecule has 0 radical (unpaired) electrons. The van der Waals surface area contributed by atoms with E-state index in [-0.39, 0.29) is 0 Å². The molecule has 0 unspecified atom stereocenters. The molecule has 0 N–H and O–H groups in total. The highest BCUT2D eigenvalue weighted by Crippen LogP contribution is 2.31. The van der Waals surface area contributed by atoms with Crippen LogP contribution in [0.3, 0.4) is 0 Å². The zero-order chi connectivity index (χ0) is 12.4. The fraction of sp³-hybridized carbons (Fsp3) is 0.900. The van der Waals surface area contributed by atoms with Gasteiger partial charge in [0.2, 0.25) is 0 Å². The zero-order valence-corrected chi connectivity index (χ0v) is 9.22. The van der Waals surface area contributed by atoms with Gasteiger partial charge in [-0.1, -0.05) is 0 Å². The fourth-order valence-electron chi connectivity index (χ4n) is 2.25. The Labute approximate surface area is 92.4 Å². The molecule has 0 saturated carbocycles. The summed E-state index contributed by atoms with van der Waals surface area (Å²) >= 11 is 0. The van der Waals surface area contributed by atoms with Gasteiger partial charge in [0.05, 0.1) is 26.7 Å². The molecule has 0 aromatic heterocycles.